The van der Waals surface area contributed by atoms with E-state index in [0.717, 1.165) is 22.3 Å². The van der Waals surface area contributed by atoms with Gasteiger partial charge in [0.25, 0.3) is 11.8 Å². The maximum atomic E-state index is 12.9. The van der Waals surface area contributed by atoms with Crippen molar-refractivity contribution in [2.75, 3.05) is 7.11 Å². The van der Waals surface area contributed by atoms with Crippen LogP contribution in [0.15, 0.2) is 71.6 Å². The molecule has 0 aliphatic carbocycles. The van der Waals surface area contributed by atoms with Gasteiger partial charge in [-0.3, -0.25) is 15.0 Å². The Morgan fingerprint density at radius 1 is 1.06 bits per heavy atom. The van der Waals surface area contributed by atoms with Crippen molar-refractivity contribution in [1.29, 1.82) is 0 Å². The van der Waals surface area contributed by atoms with Crippen LogP contribution >= 0.6 is 47.2 Å². The number of nitrogens with zero attached hydrogens (tertiary/aromatic N) is 1. The fourth-order valence-electron chi connectivity index (χ4n) is 3.19. The number of halogens is 2. The van der Waals surface area contributed by atoms with E-state index in [0.29, 0.717) is 27.0 Å². The van der Waals surface area contributed by atoms with Gasteiger partial charge in [-0.25, -0.2) is 0 Å². The highest BCUT2D eigenvalue weighted by molar-refractivity contribution is 8.26. The molecule has 0 saturated carbocycles. The fraction of sp³-hybridized carbons (Fsp3) is 0.0800. The Balaban J connectivity index is 1.48. The first-order valence-electron chi connectivity index (χ1n) is 10.2. The third-order valence-electron chi connectivity index (χ3n) is 4.95. The van der Waals surface area contributed by atoms with E-state index < -0.39 is 11.8 Å². The Labute approximate surface area is 221 Å². The van der Waals surface area contributed by atoms with Crippen LogP contribution < -0.4 is 14.9 Å². The summed E-state index contributed by atoms with van der Waals surface area (Å²) in [7, 11) is 1.53. The average Bonchev–Trinajstić information content (AvgIpc) is 3.11. The molecular weight excluding hydrogens is 527 g/mol. The molecule has 3 aromatic rings. The van der Waals surface area contributed by atoms with Crippen molar-refractivity contribution in [1.82, 2.24) is 10.4 Å². The van der Waals surface area contributed by atoms with Gasteiger partial charge in [0, 0.05) is 10.6 Å². The van der Waals surface area contributed by atoms with Gasteiger partial charge in [0.05, 0.1) is 22.6 Å². The molecule has 1 saturated heterocycles. The number of thioether (sulfide) groups is 1. The monoisotopic (exact) mass is 544 g/mol. The second-order valence-electron chi connectivity index (χ2n) is 7.23. The van der Waals surface area contributed by atoms with E-state index in [1.165, 1.54) is 7.11 Å². The molecule has 3 aromatic carbocycles. The van der Waals surface area contributed by atoms with Gasteiger partial charge in [0.1, 0.15) is 6.61 Å². The molecule has 2 amide bonds. The maximum Gasteiger partial charge on any atom is 0.285 e. The number of benzene rings is 3. The summed E-state index contributed by atoms with van der Waals surface area (Å²) in [5.74, 6) is 0.0469. The van der Waals surface area contributed by atoms with Crippen LogP contribution in [0.1, 0.15) is 21.5 Å². The van der Waals surface area contributed by atoms with Crippen molar-refractivity contribution >= 4 is 69.4 Å². The predicted octanol–water partition coefficient (Wildman–Crippen LogP) is 6.13. The van der Waals surface area contributed by atoms with Crippen LogP contribution in [0.25, 0.3) is 6.08 Å². The summed E-state index contributed by atoms with van der Waals surface area (Å²) < 4.78 is 11.5. The minimum absolute atomic E-state index is 0.202. The van der Waals surface area contributed by atoms with Crippen LogP contribution in [0.4, 0.5) is 0 Å². The number of carbonyl (C=O) groups excluding carboxylic acids is 2. The van der Waals surface area contributed by atoms with Crippen molar-refractivity contribution in [3.8, 4) is 11.5 Å². The molecule has 0 atom stereocenters. The molecule has 1 aliphatic rings. The molecule has 0 aromatic heterocycles. The van der Waals surface area contributed by atoms with Gasteiger partial charge >= 0.3 is 0 Å². The zero-order valence-electron chi connectivity index (χ0n) is 18.3. The highest BCUT2D eigenvalue weighted by Crippen LogP contribution is 2.34. The molecule has 0 unspecified atom stereocenters. The zero-order valence-corrected chi connectivity index (χ0v) is 21.4. The van der Waals surface area contributed by atoms with Crippen molar-refractivity contribution in [2.24, 2.45) is 0 Å². The Morgan fingerprint density at radius 3 is 2.49 bits per heavy atom. The number of ether oxygens (including phenoxy) is 2. The van der Waals surface area contributed by atoms with E-state index in [1.807, 2.05) is 18.2 Å². The van der Waals surface area contributed by atoms with E-state index in [2.05, 4.69) is 5.43 Å². The number of hydrogen-bond acceptors (Lipinski definition) is 6. The van der Waals surface area contributed by atoms with E-state index in [9.17, 15) is 9.59 Å². The van der Waals surface area contributed by atoms with E-state index >= 15 is 0 Å². The number of hydrogen-bond donors (Lipinski definition) is 1. The Hall–Kier alpha value is -3.04. The average molecular weight is 545 g/mol. The quantitative estimate of drug-likeness (QED) is 0.285. The van der Waals surface area contributed by atoms with E-state index in [4.69, 9.17) is 44.9 Å². The van der Waals surface area contributed by atoms with Crippen molar-refractivity contribution in [3.05, 3.63) is 98.4 Å². The lowest BCUT2D eigenvalue weighted by molar-refractivity contribution is -0.123. The molecule has 1 heterocycles. The lowest BCUT2D eigenvalue weighted by Gasteiger charge is -2.16. The van der Waals surface area contributed by atoms with Crippen molar-refractivity contribution in [3.63, 3.8) is 0 Å². The van der Waals surface area contributed by atoms with Crippen LogP contribution in [-0.2, 0) is 11.4 Å². The highest BCUT2D eigenvalue weighted by atomic mass is 35.5. The van der Waals surface area contributed by atoms with Crippen LogP contribution in [-0.4, -0.2) is 28.3 Å². The fourth-order valence-corrected chi connectivity index (χ4v) is 4.78. The van der Waals surface area contributed by atoms with Crippen molar-refractivity contribution < 1.29 is 19.1 Å². The first-order valence-corrected chi connectivity index (χ1v) is 12.2. The van der Waals surface area contributed by atoms with Gasteiger partial charge in [-0.1, -0.05) is 71.4 Å². The minimum Gasteiger partial charge on any atom is -0.493 e. The van der Waals surface area contributed by atoms with Gasteiger partial charge in [0.2, 0.25) is 0 Å². The smallest absolute Gasteiger partial charge is 0.285 e. The van der Waals surface area contributed by atoms with E-state index in [1.54, 1.807) is 54.6 Å². The predicted molar refractivity (Wildman–Crippen MR) is 143 cm³/mol. The third-order valence-corrected chi connectivity index (χ3v) is 6.95. The van der Waals surface area contributed by atoms with Gasteiger partial charge in [-0.2, -0.15) is 5.01 Å². The lowest BCUT2D eigenvalue weighted by Crippen LogP contribution is -2.44. The number of thiocarbonyl (C=S) groups is 1. The Kier molecular flexibility index (Phi) is 7.97. The van der Waals surface area contributed by atoms with Crippen molar-refractivity contribution in [2.45, 2.75) is 6.61 Å². The minimum atomic E-state index is -0.533. The number of methoxy groups -OCH3 is 1. The second-order valence-corrected chi connectivity index (χ2v) is 9.72. The molecule has 1 N–H and O–H groups in total. The normalized spacial score (nSPS) is 14.4. The summed E-state index contributed by atoms with van der Waals surface area (Å²) in [5, 5.41) is 1.93. The molecule has 10 heteroatoms. The molecule has 0 spiro atoms. The Bertz CT molecular complexity index is 1350. The van der Waals surface area contributed by atoms with Gasteiger partial charge < -0.3 is 9.47 Å². The number of rotatable bonds is 7. The van der Waals surface area contributed by atoms with Crippen LogP contribution in [0.5, 0.6) is 11.5 Å². The van der Waals surface area contributed by atoms with Crippen LogP contribution in [0.3, 0.4) is 0 Å². The second kappa shape index (κ2) is 11.1. The maximum absolute atomic E-state index is 12.9. The SMILES string of the molecule is COc1cc(/C=C2\SC(=S)N(NC(=O)c3ccccc3Cl)C2=O)ccc1OCc1ccccc1Cl. The molecule has 1 aliphatic heterocycles. The van der Waals surface area contributed by atoms with E-state index in [-0.39, 0.29) is 21.5 Å². The molecule has 4 rings (SSSR count). The summed E-state index contributed by atoms with van der Waals surface area (Å²) in [6.45, 7) is 0.277. The molecule has 35 heavy (non-hydrogen) atoms. The number of hydrazine groups is 1. The highest BCUT2D eigenvalue weighted by Gasteiger charge is 2.34. The number of nitrogens with one attached hydrogen (secondary N) is 1. The molecule has 0 radical (unpaired) electrons. The lowest BCUT2D eigenvalue weighted by atomic mass is 10.2. The molecule has 178 valence electrons. The summed E-state index contributed by atoms with van der Waals surface area (Å²) in [6, 6.07) is 19.3. The van der Waals surface area contributed by atoms with Crippen LogP contribution in [0.2, 0.25) is 10.0 Å². The molecule has 0 bridgehead atoms. The summed E-state index contributed by atoms with van der Waals surface area (Å²) in [6.07, 6.45) is 1.67. The largest absolute Gasteiger partial charge is 0.493 e. The van der Waals surface area contributed by atoms with Gasteiger partial charge in [-0.15, -0.1) is 0 Å². The summed E-state index contributed by atoms with van der Waals surface area (Å²) >= 11 is 18.6. The number of amides is 2. The molecular formula is C25H18Cl2N2O4S2. The molecule has 1 fully saturated rings. The van der Waals surface area contributed by atoms with Gasteiger partial charge in [0.15, 0.2) is 15.8 Å². The third kappa shape index (κ3) is 5.79. The van der Waals surface area contributed by atoms with Crippen LogP contribution in [0, 0.1) is 0 Å². The summed E-state index contributed by atoms with van der Waals surface area (Å²) in [5.41, 5.74) is 4.31. The first-order chi connectivity index (χ1) is 16.9. The topological polar surface area (TPSA) is 67.9 Å². The van der Waals surface area contributed by atoms with Gasteiger partial charge in [-0.05, 0) is 54.2 Å². The summed E-state index contributed by atoms with van der Waals surface area (Å²) in [4.78, 5) is 25.8. The zero-order chi connectivity index (χ0) is 24.9. The first kappa shape index (κ1) is 25.1. The molecule has 6 nitrogen and oxygen atoms in total. The number of carbonyl (C=O) groups is 2. The Morgan fingerprint density at radius 2 is 1.77 bits per heavy atom. The standard InChI is InChI=1S/C25H18Cl2N2O4S2/c1-32-21-12-15(10-11-20(21)33-14-16-6-2-4-8-18(16)26)13-22-24(31)29(25(34)35-22)28-23(30)17-7-3-5-9-19(17)27/h2-13H,14H2,1H3,(H,28,30)/b22-13-.